The number of unbranched alkanes of at least 4 members (excludes halogenated alkanes) is 1. The van der Waals surface area contributed by atoms with E-state index in [-0.39, 0.29) is 12.1 Å². The van der Waals surface area contributed by atoms with Gasteiger partial charge in [-0.25, -0.2) is 4.98 Å². The van der Waals surface area contributed by atoms with Gasteiger partial charge in [0.1, 0.15) is 12.4 Å². The highest BCUT2D eigenvalue weighted by atomic mass is 79.9. The minimum atomic E-state index is -0.924. The summed E-state index contributed by atoms with van der Waals surface area (Å²) in [6.45, 7) is 1.93. The molecule has 0 radical (unpaired) electrons. The molecule has 4 rings (SSSR count). The molecule has 0 aliphatic carbocycles. The van der Waals surface area contributed by atoms with Crippen molar-refractivity contribution in [2.75, 3.05) is 0 Å². The third-order valence-electron chi connectivity index (χ3n) is 5.07. The van der Waals surface area contributed by atoms with Gasteiger partial charge >= 0.3 is 5.97 Å². The third-order valence-corrected chi connectivity index (χ3v) is 5.56. The number of fused-ring (bicyclic) bond motifs is 2. The van der Waals surface area contributed by atoms with E-state index in [1.807, 2.05) is 36.4 Å². The Kier molecular flexibility index (Phi) is 5.99. The molecule has 8 heteroatoms. The van der Waals surface area contributed by atoms with Gasteiger partial charge in [-0.15, -0.1) is 0 Å². The number of carbonyl (C=O) groups is 1. The van der Waals surface area contributed by atoms with Crippen molar-refractivity contribution in [1.29, 1.82) is 0 Å². The van der Waals surface area contributed by atoms with Crippen molar-refractivity contribution in [2.45, 2.75) is 32.7 Å². The zero-order valence-electron chi connectivity index (χ0n) is 17.0. The first-order chi connectivity index (χ1) is 15.0. The molecule has 0 bridgehead atoms. The minimum Gasteiger partial charge on any atom is -0.480 e. The number of benzene rings is 2. The lowest BCUT2D eigenvalue weighted by Crippen LogP contribution is -2.22. The number of hydrogen-bond donors (Lipinski definition) is 1. The molecule has 4 aromatic rings. The molecule has 2 aromatic carbocycles. The van der Waals surface area contributed by atoms with E-state index in [4.69, 9.17) is 0 Å². The van der Waals surface area contributed by atoms with Crippen LogP contribution in [0.25, 0.3) is 21.8 Å². The number of nitrogens with zero attached hydrogens (tertiary/aromatic N) is 4. The maximum Gasteiger partial charge on any atom is 0.323 e. The van der Waals surface area contributed by atoms with Gasteiger partial charge in [0.15, 0.2) is 0 Å². The van der Waals surface area contributed by atoms with Crippen molar-refractivity contribution < 1.29 is 9.90 Å². The van der Waals surface area contributed by atoms with E-state index >= 15 is 0 Å². The standard InChI is InChI=1S/C23H21BrN4O3/c1-2-3-8-21-26-19-10-9-16(24)11-18(19)23(31)28(21)25-12-15-13-27(14-22(29)30)20-7-5-4-6-17(15)20/h4-7,9-13H,2-3,8,14H2,1H3,(H,29,30). The normalized spacial score (nSPS) is 11.7. The maximum absolute atomic E-state index is 13.2. The summed E-state index contributed by atoms with van der Waals surface area (Å²) in [4.78, 5) is 29.1. The number of halogens is 1. The number of para-hydroxylation sites is 1. The Bertz CT molecular complexity index is 1370. The molecule has 0 atom stereocenters. The van der Waals surface area contributed by atoms with Gasteiger partial charge in [0.2, 0.25) is 0 Å². The number of carboxylic acid groups (broad SMARTS) is 1. The van der Waals surface area contributed by atoms with Crippen LogP contribution in [0.3, 0.4) is 0 Å². The summed E-state index contributed by atoms with van der Waals surface area (Å²) in [6.07, 6.45) is 5.84. The monoisotopic (exact) mass is 480 g/mol. The summed E-state index contributed by atoms with van der Waals surface area (Å²) in [5.74, 6) is -0.321. The second kappa shape index (κ2) is 8.85. The van der Waals surface area contributed by atoms with Crippen LogP contribution in [0.2, 0.25) is 0 Å². The highest BCUT2D eigenvalue weighted by Gasteiger charge is 2.12. The summed E-state index contributed by atoms with van der Waals surface area (Å²) in [6, 6.07) is 13.0. The van der Waals surface area contributed by atoms with Crippen LogP contribution in [0, 0.1) is 0 Å². The predicted molar refractivity (Wildman–Crippen MR) is 125 cm³/mol. The van der Waals surface area contributed by atoms with Gasteiger partial charge in [-0.2, -0.15) is 9.78 Å². The molecule has 0 saturated carbocycles. The van der Waals surface area contributed by atoms with Crippen LogP contribution >= 0.6 is 15.9 Å². The molecule has 2 heterocycles. The van der Waals surface area contributed by atoms with Crippen molar-refractivity contribution in [3.63, 3.8) is 0 Å². The molecule has 0 aliphatic heterocycles. The van der Waals surface area contributed by atoms with Gasteiger partial charge in [0.05, 0.1) is 17.1 Å². The van der Waals surface area contributed by atoms with E-state index in [0.717, 1.165) is 33.8 Å². The topological polar surface area (TPSA) is 89.5 Å². The lowest BCUT2D eigenvalue weighted by atomic mass is 10.2. The lowest BCUT2D eigenvalue weighted by Gasteiger charge is -2.09. The van der Waals surface area contributed by atoms with E-state index < -0.39 is 5.97 Å². The molecule has 7 nitrogen and oxygen atoms in total. The smallest absolute Gasteiger partial charge is 0.323 e. The number of aliphatic carboxylic acids is 1. The maximum atomic E-state index is 13.2. The molecule has 0 saturated heterocycles. The average molecular weight is 481 g/mol. The Morgan fingerprint density at radius 3 is 2.81 bits per heavy atom. The molecule has 31 heavy (non-hydrogen) atoms. The van der Waals surface area contributed by atoms with Crippen LogP contribution in [0.5, 0.6) is 0 Å². The zero-order chi connectivity index (χ0) is 22.0. The van der Waals surface area contributed by atoms with Crippen molar-refractivity contribution >= 4 is 49.9 Å². The van der Waals surface area contributed by atoms with E-state index in [1.54, 1.807) is 23.0 Å². The fraction of sp³-hybridized carbons (Fsp3) is 0.217. The third kappa shape index (κ3) is 4.29. The van der Waals surface area contributed by atoms with Crippen molar-refractivity contribution in [3.8, 4) is 0 Å². The fourth-order valence-corrected chi connectivity index (χ4v) is 3.95. The fourth-order valence-electron chi connectivity index (χ4n) is 3.59. The van der Waals surface area contributed by atoms with Gasteiger partial charge in [0.25, 0.3) is 5.56 Å². The lowest BCUT2D eigenvalue weighted by molar-refractivity contribution is -0.137. The molecule has 1 N–H and O–H groups in total. The largest absolute Gasteiger partial charge is 0.480 e. The molecule has 2 aromatic heterocycles. The second-order valence-corrected chi connectivity index (χ2v) is 8.19. The summed E-state index contributed by atoms with van der Waals surface area (Å²) in [5.41, 5.74) is 1.94. The van der Waals surface area contributed by atoms with Crippen LogP contribution < -0.4 is 5.56 Å². The van der Waals surface area contributed by atoms with Crippen molar-refractivity contribution in [3.05, 3.63) is 74.9 Å². The number of carboxylic acids is 1. The Morgan fingerprint density at radius 2 is 2.03 bits per heavy atom. The number of hydrogen-bond acceptors (Lipinski definition) is 4. The first kappa shape index (κ1) is 21.0. The van der Waals surface area contributed by atoms with E-state index in [9.17, 15) is 14.7 Å². The molecule has 0 aliphatic rings. The first-order valence-corrected chi connectivity index (χ1v) is 10.8. The predicted octanol–water partition coefficient (Wildman–Crippen LogP) is 4.42. The number of aryl methyl sites for hydroxylation is 1. The SMILES string of the molecule is CCCCc1nc2ccc(Br)cc2c(=O)n1N=Cc1cn(CC(=O)O)c2ccccc12. The van der Waals surface area contributed by atoms with Crippen molar-refractivity contribution in [1.82, 2.24) is 14.2 Å². The van der Waals surface area contributed by atoms with Crippen LogP contribution in [0.1, 0.15) is 31.2 Å². The van der Waals surface area contributed by atoms with Gasteiger partial charge in [-0.05, 0) is 30.7 Å². The minimum absolute atomic E-state index is 0.151. The summed E-state index contributed by atoms with van der Waals surface area (Å²) >= 11 is 3.41. The van der Waals surface area contributed by atoms with Crippen molar-refractivity contribution in [2.24, 2.45) is 5.10 Å². The quantitative estimate of drug-likeness (QED) is 0.396. The Balaban J connectivity index is 1.85. The summed E-state index contributed by atoms with van der Waals surface area (Å²) < 4.78 is 3.82. The average Bonchev–Trinajstić information content (AvgIpc) is 3.09. The molecule has 0 amide bonds. The van der Waals surface area contributed by atoms with Crippen LogP contribution in [-0.4, -0.2) is 31.5 Å². The van der Waals surface area contributed by atoms with Crippen LogP contribution in [-0.2, 0) is 17.8 Å². The molecule has 158 valence electrons. The Morgan fingerprint density at radius 1 is 1.23 bits per heavy atom. The Labute approximate surface area is 186 Å². The van der Waals surface area contributed by atoms with Crippen LogP contribution in [0.15, 0.2) is 63.0 Å². The Hall–Kier alpha value is -3.26. The number of aromatic nitrogens is 3. The second-order valence-electron chi connectivity index (χ2n) is 7.28. The van der Waals surface area contributed by atoms with Gasteiger partial charge < -0.3 is 9.67 Å². The molecule has 0 spiro atoms. The summed E-state index contributed by atoms with van der Waals surface area (Å²) in [5, 5.41) is 15.1. The highest BCUT2D eigenvalue weighted by Crippen LogP contribution is 2.20. The summed E-state index contributed by atoms with van der Waals surface area (Å²) in [7, 11) is 0. The molecular formula is C23H21BrN4O3. The highest BCUT2D eigenvalue weighted by molar-refractivity contribution is 9.10. The van der Waals surface area contributed by atoms with E-state index in [1.165, 1.54) is 4.68 Å². The zero-order valence-corrected chi connectivity index (χ0v) is 18.5. The van der Waals surface area contributed by atoms with Gasteiger partial charge in [-0.3, -0.25) is 9.59 Å². The molecule has 0 fully saturated rings. The van der Waals surface area contributed by atoms with E-state index in [0.29, 0.717) is 23.1 Å². The number of rotatable bonds is 7. The van der Waals surface area contributed by atoms with Gasteiger partial charge in [-0.1, -0.05) is 47.5 Å². The molecule has 0 unspecified atom stereocenters. The van der Waals surface area contributed by atoms with Gasteiger partial charge in [0, 0.05) is 33.6 Å². The first-order valence-electron chi connectivity index (χ1n) is 10.0. The van der Waals surface area contributed by atoms with Crippen LogP contribution in [0.4, 0.5) is 0 Å². The molecular weight excluding hydrogens is 460 g/mol. The van der Waals surface area contributed by atoms with E-state index in [2.05, 4.69) is 32.9 Å².